The average molecular weight is 208 g/mol. The molecule has 84 valence electrons. The zero-order valence-electron chi connectivity index (χ0n) is 9.23. The lowest BCUT2D eigenvalue weighted by atomic mass is 10.1. The number of aliphatic hydroxyl groups is 1. The Labute approximate surface area is 91.6 Å². The number of hydrogen-bond donors (Lipinski definition) is 1. The van der Waals surface area contributed by atoms with E-state index in [1.165, 1.54) is 25.7 Å². The second-order valence-corrected chi connectivity index (χ2v) is 3.76. The molecule has 0 aliphatic rings. The fourth-order valence-electron chi connectivity index (χ4n) is 1.56. The van der Waals surface area contributed by atoms with E-state index in [0.717, 1.165) is 25.1 Å². The molecule has 0 radical (unpaired) electrons. The number of nitrogens with zero attached hydrogens (tertiary/aromatic N) is 2. The molecule has 0 aromatic carbocycles. The van der Waals surface area contributed by atoms with Gasteiger partial charge in [0.15, 0.2) is 0 Å². The van der Waals surface area contributed by atoms with Crippen LogP contribution < -0.4 is 0 Å². The molecule has 0 aliphatic heterocycles. The third kappa shape index (κ3) is 6.18. The smallest absolute Gasteiger partial charge is 0.128 e. The number of rotatable bonds is 8. The van der Waals surface area contributed by atoms with Crippen LogP contribution in [-0.2, 0) is 6.42 Å². The van der Waals surface area contributed by atoms with Crippen LogP contribution >= 0.6 is 0 Å². The minimum absolute atomic E-state index is 0.331. The maximum Gasteiger partial charge on any atom is 0.128 e. The van der Waals surface area contributed by atoms with Crippen molar-refractivity contribution in [1.82, 2.24) is 9.97 Å². The minimum Gasteiger partial charge on any atom is -0.396 e. The third-order valence-corrected chi connectivity index (χ3v) is 2.43. The van der Waals surface area contributed by atoms with E-state index < -0.39 is 0 Å². The van der Waals surface area contributed by atoms with Gasteiger partial charge in [-0.1, -0.05) is 25.7 Å². The lowest BCUT2D eigenvalue weighted by molar-refractivity contribution is 0.282. The molecule has 0 fully saturated rings. The van der Waals surface area contributed by atoms with Crippen molar-refractivity contribution in [2.45, 2.75) is 44.9 Å². The van der Waals surface area contributed by atoms with Gasteiger partial charge in [0.05, 0.1) is 0 Å². The monoisotopic (exact) mass is 208 g/mol. The fourth-order valence-corrected chi connectivity index (χ4v) is 1.56. The highest BCUT2D eigenvalue weighted by molar-refractivity contribution is 4.88. The predicted octanol–water partition coefficient (Wildman–Crippen LogP) is 2.35. The molecule has 1 rings (SSSR count). The third-order valence-electron chi connectivity index (χ3n) is 2.43. The van der Waals surface area contributed by atoms with E-state index in [4.69, 9.17) is 5.11 Å². The molecule has 0 bridgehead atoms. The topological polar surface area (TPSA) is 46.0 Å². The Kier molecular flexibility index (Phi) is 6.75. The normalized spacial score (nSPS) is 10.5. The number of aliphatic hydroxyl groups excluding tert-OH is 1. The zero-order valence-corrected chi connectivity index (χ0v) is 9.23. The van der Waals surface area contributed by atoms with Crippen molar-refractivity contribution >= 4 is 0 Å². The molecule has 0 unspecified atom stereocenters. The Morgan fingerprint density at radius 2 is 1.47 bits per heavy atom. The van der Waals surface area contributed by atoms with Crippen molar-refractivity contribution in [2.24, 2.45) is 0 Å². The molecule has 0 saturated carbocycles. The summed E-state index contributed by atoms with van der Waals surface area (Å²) < 4.78 is 0. The van der Waals surface area contributed by atoms with Gasteiger partial charge in [-0.25, -0.2) is 9.97 Å². The summed E-state index contributed by atoms with van der Waals surface area (Å²) >= 11 is 0. The molecular formula is C12H20N2O. The summed E-state index contributed by atoms with van der Waals surface area (Å²) in [6.07, 6.45) is 11.6. The second-order valence-electron chi connectivity index (χ2n) is 3.76. The summed E-state index contributed by atoms with van der Waals surface area (Å²) in [5, 5.41) is 8.60. The van der Waals surface area contributed by atoms with Crippen LogP contribution in [-0.4, -0.2) is 21.7 Å². The number of aromatic nitrogens is 2. The second kappa shape index (κ2) is 8.36. The van der Waals surface area contributed by atoms with Gasteiger partial charge in [0.1, 0.15) is 5.82 Å². The molecule has 1 heterocycles. The Morgan fingerprint density at radius 1 is 0.867 bits per heavy atom. The van der Waals surface area contributed by atoms with Crippen LogP contribution in [0.4, 0.5) is 0 Å². The SMILES string of the molecule is OCCCCCCCCc1ncccn1. The van der Waals surface area contributed by atoms with Gasteiger partial charge in [-0.05, 0) is 18.9 Å². The van der Waals surface area contributed by atoms with Crippen LogP contribution in [0.1, 0.15) is 44.3 Å². The molecule has 3 heteroatoms. The summed E-state index contributed by atoms with van der Waals surface area (Å²) in [5.74, 6) is 0.952. The van der Waals surface area contributed by atoms with Gasteiger partial charge in [-0.3, -0.25) is 0 Å². The number of aryl methyl sites for hydroxylation is 1. The Morgan fingerprint density at radius 3 is 2.13 bits per heavy atom. The first-order chi connectivity index (χ1) is 7.43. The van der Waals surface area contributed by atoms with Crippen LogP contribution in [0.3, 0.4) is 0 Å². The molecule has 0 saturated heterocycles. The maximum atomic E-state index is 8.60. The molecule has 1 aromatic rings. The quantitative estimate of drug-likeness (QED) is 0.667. The average Bonchev–Trinajstić information content (AvgIpc) is 2.29. The highest BCUT2D eigenvalue weighted by Crippen LogP contribution is 2.07. The van der Waals surface area contributed by atoms with Gasteiger partial charge in [-0.2, -0.15) is 0 Å². The molecule has 1 aromatic heterocycles. The summed E-state index contributed by atoms with van der Waals surface area (Å²) in [5.41, 5.74) is 0. The van der Waals surface area contributed by atoms with E-state index in [1.807, 2.05) is 6.07 Å². The van der Waals surface area contributed by atoms with Gasteiger partial charge >= 0.3 is 0 Å². The van der Waals surface area contributed by atoms with Gasteiger partial charge in [-0.15, -0.1) is 0 Å². The van der Waals surface area contributed by atoms with E-state index >= 15 is 0 Å². The van der Waals surface area contributed by atoms with Gasteiger partial charge in [0, 0.05) is 25.4 Å². The van der Waals surface area contributed by atoms with E-state index in [0.29, 0.717) is 6.61 Å². The van der Waals surface area contributed by atoms with Crippen molar-refractivity contribution in [1.29, 1.82) is 0 Å². The van der Waals surface area contributed by atoms with Crippen molar-refractivity contribution in [2.75, 3.05) is 6.61 Å². The lowest BCUT2D eigenvalue weighted by Gasteiger charge is -2.00. The van der Waals surface area contributed by atoms with Crippen LogP contribution in [0.5, 0.6) is 0 Å². The molecule has 0 amide bonds. The van der Waals surface area contributed by atoms with Crippen LogP contribution in [0.2, 0.25) is 0 Å². The molecule has 3 nitrogen and oxygen atoms in total. The van der Waals surface area contributed by atoms with Crippen molar-refractivity contribution in [3.8, 4) is 0 Å². The largest absolute Gasteiger partial charge is 0.396 e. The predicted molar refractivity (Wildman–Crippen MR) is 60.5 cm³/mol. The number of hydrogen-bond acceptors (Lipinski definition) is 3. The van der Waals surface area contributed by atoms with E-state index in [1.54, 1.807) is 12.4 Å². The Balaban J connectivity index is 1.93. The van der Waals surface area contributed by atoms with E-state index in [2.05, 4.69) is 9.97 Å². The first-order valence-electron chi connectivity index (χ1n) is 5.80. The maximum absolute atomic E-state index is 8.60. The standard InChI is InChI=1S/C12H20N2O/c15-11-6-4-2-1-3-5-8-12-13-9-7-10-14-12/h7,9-10,15H,1-6,8,11H2. The summed E-state index contributed by atoms with van der Waals surface area (Å²) in [6, 6.07) is 1.85. The highest BCUT2D eigenvalue weighted by Gasteiger charge is 1.95. The zero-order chi connectivity index (χ0) is 10.8. The van der Waals surface area contributed by atoms with Gasteiger partial charge < -0.3 is 5.11 Å². The van der Waals surface area contributed by atoms with Crippen LogP contribution in [0, 0.1) is 0 Å². The first kappa shape index (κ1) is 12.1. The van der Waals surface area contributed by atoms with Crippen molar-refractivity contribution in [3.63, 3.8) is 0 Å². The molecule has 15 heavy (non-hydrogen) atoms. The minimum atomic E-state index is 0.331. The first-order valence-corrected chi connectivity index (χ1v) is 5.80. The summed E-state index contributed by atoms with van der Waals surface area (Å²) in [7, 11) is 0. The molecular weight excluding hydrogens is 188 g/mol. The molecule has 0 spiro atoms. The number of unbranched alkanes of at least 4 members (excludes halogenated alkanes) is 5. The van der Waals surface area contributed by atoms with Gasteiger partial charge in [0.25, 0.3) is 0 Å². The van der Waals surface area contributed by atoms with Crippen molar-refractivity contribution in [3.05, 3.63) is 24.3 Å². The molecule has 0 atom stereocenters. The molecule has 0 aliphatic carbocycles. The lowest BCUT2D eigenvalue weighted by Crippen LogP contribution is -1.93. The van der Waals surface area contributed by atoms with Gasteiger partial charge in [0.2, 0.25) is 0 Å². The van der Waals surface area contributed by atoms with Crippen LogP contribution in [0.25, 0.3) is 0 Å². The fraction of sp³-hybridized carbons (Fsp3) is 0.667. The van der Waals surface area contributed by atoms with Crippen LogP contribution in [0.15, 0.2) is 18.5 Å². The van der Waals surface area contributed by atoms with E-state index in [9.17, 15) is 0 Å². The summed E-state index contributed by atoms with van der Waals surface area (Å²) in [4.78, 5) is 8.36. The summed E-state index contributed by atoms with van der Waals surface area (Å²) in [6.45, 7) is 0.331. The molecule has 1 N–H and O–H groups in total. The van der Waals surface area contributed by atoms with E-state index in [-0.39, 0.29) is 0 Å². The van der Waals surface area contributed by atoms with Crippen molar-refractivity contribution < 1.29 is 5.11 Å². The highest BCUT2D eigenvalue weighted by atomic mass is 16.2. The Bertz CT molecular complexity index is 239. The Hall–Kier alpha value is -0.960.